The van der Waals surface area contributed by atoms with Crippen molar-refractivity contribution in [2.75, 3.05) is 13.7 Å². The molecular formula is C14H21N3O4. The maximum absolute atomic E-state index is 10.2. The second-order valence-corrected chi connectivity index (χ2v) is 5.70. The lowest BCUT2D eigenvalue weighted by Gasteiger charge is -2.24. The third kappa shape index (κ3) is 2.22. The lowest BCUT2D eigenvalue weighted by atomic mass is 9.92. The smallest absolute Gasteiger partial charge is 0.170 e. The summed E-state index contributed by atoms with van der Waals surface area (Å²) in [6, 6.07) is 0. The van der Waals surface area contributed by atoms with Crippen LogP contribution in [-0.4, -0.2) is 46.2 Å². The Hall–Kier alpha value is -1.54. The number of aliphatic hydroxyl groups excluding tert-OH is 3. The Kier molecular flexibility index (Phi) is 3.66. The second kappa shape index (κ2) is 5.34. The van der Waals surface area contributed by atoms with Gasteiger partial charge in [0.05, 0.1) is 23.7 Å². The first-order chi connectivity index (χ1) is 10.1. The first-order valence-corrected chi connectivity index (χ1v) is 7.01. The lowest BCUT2D eigenvalue weighted by molar-refractivity contribution is 0.00230. The molecule has 3 rings (SSSR count). The van der Waals surface area contributed by atoms with Crippen molar-refractivity contribution in [2.24, 2.45) is 11.7 Å². The number of aromatic amines is 1. The van der Waals surface area contributed by atoms with E-state index in [-0.39, 0.29) is 24.7 Å². The number of hydrogen-bond donors (Lipinski definition) is 6. The maximum Gasteiger partial charge on any atom is 0.170 e. The van der Waals surface area contributed by atoms with Crippen LogP contribution in [0, 0.1) is 5.92 Å². The van der Waals surface area contributed by atoms with Crippen molar-refractivity contribution in [3.8, 4) is 0 Å². The van der Waals surface area contributed by atoms with Crippen molar-refractivity contribution in [3.05, 3.63) is 28.8 Å². The van der Waals surface area contributed by atoms with E-state index in [4.69, 9.17) is 10.5 Å². The molecule has 0 spiro atoms. The van der Waals surface area contributed by atoms with Crippen LogP contribution in [0.2, 0.25) is 0 Å². The van der Waals surface area contributed by atoms with Crippen LogP contribution in [0.5, 0.6) is 0 Å². The highest BCUT2D eigenvalue weighted by molar-refractivity contribution is 5.62. The summed E-state index contributed by atoms with van der Waals surface area (Å²) in [6.45, 7) is -0.137. The van der Waals surface area contributed by atoms with E-state index in [9.17, 15) is 15.3 Å². The van der Waals surface area contributed by atoms with Gasteiger partial charge in [-0.2, -0.15) is 0 Å². The van der Waals surface area contributed by atoms with Crippen molar-refractivity contribution in [2.45, 2.75) is 30.8 Å². The van der Waals surface area contributed by atoms with Crippen LogP contribution in [0.3, 0.4) is 0 Å². The molecule has 1 saturated carbocycles. The fourth-order valence-electron chi connectivity index (χ4n) is 3.36. The predicted molar refractivity (Wildman–Crippen MR) is 75.8 cm³/mol. The van der Waals surface area contributed by atoms with Crippen LogP contribution >= 0.6 is 0 Å². The molecule has 1 aromatic heterocycles. The summed E-state index contributed by atoms with van der Waals surface area (Å²) < 4.78 is 5.34. The van der Waals surface area contributed by atoms with E-state index in [1.807, 2.05) is 6.20 Å². The van der Waals surface area contributed by atoms with Crippen molar-refractivity contribution in [1.82, 2.24) is 10.3 Å². The van der Waals surface area contributed by atoms with Crippen LogP contribution in [-0.2, 0) is 4.74 Å². The van der Waals surface area contributed by atoms with Gasteiger partial charge in [-0.25, -0.2) is 0 Å². The number of aromatic nitrogens is 1. The summed E-state index contributed by atoms with van der Waals surface area (Å²) >= 11 is 0. The van der Waals surface area contributed by atoms with Gasteiger partial charge in [0.25, 0.3) is 0 Å². The summed E-state index contributed by atoms with van der Waals surface area (Å²) in [5.41, 5.74) is 8.48. The predicted octanol–water partition coefficient (Wildman–Crippen LogP) is -0.662. The molecule has 7 N–H and O–H groups in total. The Balaban J connectivity index is 1.97. The molecule has 2 aliphatic rings. The molecular weight excluding hydrogens is 274 g/mol. The SMILES string of the molecule is COC1NC(N)=Cc2c([C@@H]3C[C@H](CO)[C@@H](O)[C@H]3O)c[nH]c21. The Bertz CT molecular complexity index is 556. The van der Waals surface area contributed by atoms with Crippen molar-refractivity contribution < 1.29 is 20.1 Å². The number of rotatable bonds is 3. The number of fused-ring (bicyclic) bond motifs is 1. The summed E-state index contributed by atoms with van der Waals surface area (Å²) in [5, 5.41) is 32.5. The summed E-state index contributed by atoms with van der Waals surface area (Å²) in [6.07, 6.45) is 1.97. The third-order valence-corrected chi connectivity index (χ3v) is 4.52. The molecule has 1 fully saturated rings. The molecule has 0 saturated heterocycles. The van der Waals surface area contributed by atoms with Gasteiger partial charge in [-0.3, -0.25) is 0 Å². The number of nitrogens with two attached hydrogens (primary N) is 1. The number of methoxy groups -OCH3 is 1. The molecule has 5 atom stereocenters. The summed E-state index contributed by atoms with van der Waals surface area (Å²) in [4.78, 5) is 3.15. The van der Waals surface area contributed by atoms with E-state index in [1.54, 1.807) is 13.2 Å². The molecule has 0 amide bonds. The third-order valence-electron chi connectivity index (χ3n) is 4.52. The molecule has 2 heterocycles. The van der Waals surface area contributed by atoms with Crippen molar-refractivity contribution >= 4 is 6.08 Å². The molecule has 0 bridgehead atoms. The maximum atomic E-state index is 10.2. The number of hydrogen-bond acceptors (Lipinski definition) is 6. The average molecular weight is 295 g/mol. The van der Waals surface area contributed by atoms with Crippen LogP contribution < -0.4 is 11.1 Å². The Morgan fingerprint density at radius 3 is 2.76 bits per heavy atom. The molecule has 0 radical (unpaired) electrons. The van der Waals surface area contributed by atoms with Gasteiger partial charge < -0.3 is 36.1 Å². The number of H-pyrrole nitrogens is 1. The quantitative estimate of drug-likeness (QED) is 0.440. The minimum atomic E-state index is -0.910. The van der Waals surface area contributed by atoms with Gasteiger partial charge in [-0.1, -0.05) is 0 Å². The lowest BCUT2D eigenvalue weighted by Crippen LogP contribution is -2.31. The van der Waals surface area contributed by atoms with Crippen LogP contribution in [0.4, 0.5) is 0 Å². The first kappa shape index (κ1) is 14.4. The number of aliphatic hydroxyl groups is 3. The molecule has 0 aromatic carbocycles. The van der Waals surface area contributed by atoms with Gasteiger partial charge >= 0.3 is 0 Å². The molecule has 21 heavy (non-hydrogen) atoms. The standard InChI is InChI=1S/C14H21N3O4/c1-21-14-11-7(3-10(15)17-14)9(4-16-11)8-2-6(5-18)12(19)13(8)20/h3-4,6,8,12-14,16-20H,2,5,15H2,1H3/t6-,8+,12-,13+,14?/m1/s1. The molecule has 7 nitrogen and oxygen atoms in total. The first-order valence-electron chi connectivity index (χ1n) is 7.01. The van der Waals surface area contributed by atoms with E-state index >= 15 is 0 Å². The van der Waals surface area contributed by atoms with Gasteiger partial charge in [-0.15, -0.1) is 0 Å². The fourth-order valence-corrected chi connectivity index (χ4v) is 3.36. The Labute approximate surface area is 122 Å². The monoisotopic (exact) mass is 295 g/mol. The highest BCUT2D eigenvalue weighted by atomic mass is 16.5. The van der Waals surface area contributed by atoms with Crippen LogP contribution in [0.15, 0.2) is 12.0 Å². The second-order valence-electron chi connectivity index (χ2n) is 5.70. The average Bonchev–Trinajstić information content (AvgIpc) is 3.01. The molecule has 1 unspecified atom stereocenters. The fraction of sp³-hybridized carbons (Fsp3) is 0.571. The van der Waals surface area contributed by atoms with E-state index in [0.717, 1.165) is 16.8 Å². The zero-order valence-corrected chi connectivity index (χ0v) is 11.8. The summed E-state index contributed by atoms with van der Waals surface area (Å²) in [5.74, 6) is -0.0597. The van der Waals surface area contributed by atoms with Gasteiger partial charge in [0, 0.05) is 37.3 Å². The van der Waals surface area contributed by atoms with E-state index < -0.39 is 12.2 Å². The Morgan fingerprint density at radius 1 is 1.38 bits per heavy atom. The molecule has 1 aliphatic carbocycles. The van der Waals surface area contributed by atoms with Gasteiger partial charge in [0.2, 0.25) is 0 Å². The van der Waals surface area contributed by atoms with Crippen molar-refractivity contribution in [3.63, 3.8) is 0 Å². The molecule has 1 aromatic rings. The summed E-state index contributed by atoms with van der Waals surface area (Å²) in [7, 11) is 1.58. The van der Waals surface area contributed by atoms with E-state index in [0.29, 0.717) is 12.2 Å². The highest BCUT2D eigenvalue weighted by Gasteiger charge is 2.43. The van der Waals surface area contributed by atoms with Gasteiger partial charge in [0.15, 0.2) is 6.23 Å². The largest absolute Gasteiger partial charge is 0.396 e. The minimum absolute atomic E-state index is 0.137. The number of nitrogens with one attached hydrogen (secondary N) is 2. The van der Waals surface area contributed by atoms with Gasteiger partial charge in [-0.05, 0) is 18.1 Å². The van der Waals surface area contributed by atoms with Gasteiger partial charge in [0.1, 0.15) is 0 Å². The number of ether oxygens (including phenoxy) is 1. The van der Waals surface area contributed by atoms with Crippen LogP contribution in [0.25, 0.3) is 6.08 Å². The normalized spacial score (nSPS) is 35.2. The van der Waals surface area contributed by atoms with E-state index in [1.165, 1.54) is 0 Å². The molecule has 7 heteroatoms. The van der Waals surface area contributed by atoms with Crippen molar-refractivity contribution in [1.29, 1.82) is 0 Å². The molecule has 1 aliphatic heterocycles. The highest BCUT2D eigenvalue weighted by Crippen LogP contribution is 2.42. The Morgan fingerprint density at radius 2 is 2.14 bits per heavy atom. The van der Waals surface area contributed by atoms with E-state index in [2.05, 4.69) is 10.3 Å². The zero-order chi connectivity index (χ0) is 15.1. The molecule has 116 valence electrons. The zero-order valence-electron chi connectivity index (χ0n) is 11.8. The minimum Gasteiger partial charge on any atom is -0.396 e. The van der Waals surface area contributed by atoms with Crippen LogP contribution in [0.1, 0.15) is 35.4 Å². The topological polar surface area (TPSA) is 124 Å².